The van der Waals surface area contributed by atoms with Gasteiger partial charge in [0.05, 0.1) is 30.9 Å². The van der Waals surface area contributed by atoms with E-state index in [0.717, 1.165) is 17.0 Å². The number of rotatable bonds is 13. The first-order valence-electron chi connectivity index (χ1n) is 13.1. The second kappa shape index (κ2) is 13.3. The molecule has 3 aromatic rings. The Bertz CT molecular complexity index is 1350. The normalized spacial score (nSPS) is 15.5. The van der Waals surface area contributed by atoms with Gasteiger partial charge in [0.15, 0.2) is 14.6 Å². The van der Waals surface area contributed by atoms with Crippen LogP contribution in [0.25, 0.3) is 11.3 Å². The molecule has 1 saturated heterocycles. The molecule has 2 heterocycles. The molecule has 1 aromatic heterocycles. The lowest BCUT2D eigenvalue weighted by molar-refractivity contribution is -0.133. The van der Waals surface area contributed by atoms with Gasteiger partial charge in [-0.1, -0.05) is 0 Å². The first kappa shape index (κ1) is 29.5. The molecule has 1 amide bonds. The summed E-state index contributed by atoms with van der Waals surface area (Å²) in [6.45, 7) is 3.02. The van der Waals surface area contributed by atoms with Crippen LogP contribution in [0, 0.1) is 0 Å². The molecule has 2 aromatic carbocycles. The summed E-state index contributed by atoms with van der Waals surface area (Å²) in [5.74, 6) is 0.404. The van der Waals surface area contributed by atoms with Gasteiger partial charge in [-0.25, -0.2) is 13.9 Å². The third-order valence-electron chi connectivity index (χ3n) is 7.27. The number of sulfone groups is 1. The Balaban J connectivity index is 1.32. The van der Waals surface area contributed by atoms with Gasteiger partial charge in [-0.05, 0) is 67.4 Å². The number of nitrogens with zero attached hydrogens (tertiary/aromatic N) is 3. The Kier molecular flexibility index (Phi) is 9.80. The van der Waals surface area contributed by atoms with Crippen LogP contribution in [0.5, 0.6) is 11.5 Å². The molecule has 0 bridgehead atoms. The second-order valence-electron chi connectivity index (χ2n) is 9.64. The molecule has 0 aliphatic carbocycles. The molecule has 4 rings (SSSR count). The molecule has 11 nitrogen and oxygen atoms in total. The van der Waals surface area contributed by atoms with Gasteiger partial charge in [-0.2, -0.15) is 5.10 Å². The number of benzene rings is 2. The van der Waals surface area contributed by atoms with Crippen LogP contribution in [-0.2, 0) is 25.9 Å². The van der Waals surface area contributed by atoms with E-state index >= 15 is 0 Å². The number of carbonyl (C=O) groups is 1. The molecular weight excluding hydrogens is 536 g/mol. The third-order valence-corrected chi connectivity index (χ3v) is 9.78. The minimum absolute atomic E-state index is 0.0105. The summed E-state index contributed by atoms with van der Waals surface area (Å²) in [7, 11) is -0.853. The van der Waals surface area contributed by atoms with Crippen LogP contribution in [0.3, 0.4) is 0 Å². The smallest absolute Gasteiger partial charge is 0.265 e. The highest BCUT2D eigenvalue weighted by Gasteiger charge is 2.52. The maximum atomic E-state index is 13.6. The Hall–Kier alpha value is -3.45. The summed E-state index contributed by atoms with van der Waals surface area (Å²) in [5.41, 5.74) is 3.46. The number of hydrogen-bond acceptors (Lipinski definition) is 9. The molecule has 0 atom stereocenters. The van der Waals surface area contributed by atoms with E-state index < -0.39 is 20.5 Å². The van der Waals surface area contributed by atoms with Gasteiger partial charge in [0, 0.05) is 51.5 Å². The number of piperidine rings is 1. The van der Waals surface area contributed by atoms with Crippen molar-refractivity contribution in [2.45, 2.75) is 35.4 Å². The van der Waals surface area contributed by atoms with Gasteiger partial charge in [0.2, 0.25) is 0 Å². The fourth-order valence-electron chi connectivity index (χ4n) is 4.84. The largest absolute Gasteiger partial charge is 0.497 e. The van der Waals surface area contributed by atoms with Crippen LogP contribution in [0.15, 0.2) is 65.7 Å². The number of hydrogen-bond donors (Lipinski definition) is 2. The Labute approximate surface area is 234 Å². The van der Waals surface area contributed by atoms with Crippen molar-refractivity contribution in [2.24, 2.45) is 0 Å². The van der Waals surface area contributed by atoms with Gasteiger partial charge in [-0.3, -0.25) is 14.7 Å². The Morgan fingerprint density at radius 2 is 1.65 bits per heavy atom. The summed E-state index contributed by atoms with van der Waals surface area (Å²) in [5, 5.41) is 14.0. The standard InChI is InChI=1S/C28H36N4O7S/c1-37-21-19-31-17-13-28(14-18-31,27(33)30-34)40(35,36)25-10-8-24(9-11-25)39-20-3-15-32-16-12-26(29-32)22-4-6-23(38-2)7-5-22/h4-12,16,34H,3,13-15,17-21H2,1-2H3,(H,30,33). The summed E-state index contributed by atoms with van der Waals surface area (Å²) in [6, 6.07) is 15.7. The number of ether oxygens (including phenoxy) is 3. The van der Waals surface area contributed by atoms with Crippen LogP contribution in [0.4, 0.5) is 0 Å². The number of aromatic nitrogens is 2. The number of nitrogens with one attached hydrogen (secondary N) is 1. The lowest BCUT2D eigenvalue weighted by Crippen LogP contribution is -2.57. The minimum atomic E-state index is -4.09. The van der Waals surface area contributed by atoms with E-state index in [9.17, 15) is 18.4 Å². The van der Waals surface area contributed by atoms with Crippen molar-refractivity contribution < 1.29 is 32.6 Å². The van der Waals surface area contributed by atoms with Crippen molar-refractivity contribution >= 4 is 15.7 Å². The lowest BCUT2D eigenvalue weighted by Gasteiger charge is -2.39. The Morgan fingerprint density at radius 1 is 0.975 bits per heavy atom. The van der Waals surface area contributed by atoms with E-state index in [0.29, 0.717) is 51.6 Å². The van der Waals surface area contributed by atoms with Crippen molar-refractivity contribution in [1.29, 1.82) is 0 Å². The molecule has 2 N–H and O–H groups in total. The predicted octanol–water partition coefficient (Wildman–Crippen LogP) is 2.79. The van der Waals surface area contributed by atoms with Gasteiger partial charge in [0.1, 0.15) is 11.5 Å². The average molecular weight is 573 g/mol. The van der Waals surface area contributed by atoms with E-state index in [1.807, 2.05) is 46.1 Å². The van der Waals surface area contributed by atoms with Crippen molar-refractivity contribution in [1.82, 2.24) is 20.2 Å². The topological polar surface area (TPSA) is 132 Å². The molecule has 0 spiro atoms. The number of carbonyl (C=O) groups excluding carboxylic acids is 1. The van der Waals surface area contributed by atoms with Crippen LogP contribution in [0.1, 0.15) is 19.3 Å². The van der Waals surface area contributed by atoms with Crippen molar-refractivity contribution in [3.63, 3.8) is 0 Å². The quantitative estimate of drug-likeness (QED) is 0.180. The molecule has 12 heteroatoms. The van der Waals surface area contributed by atoms with E-state index in [-0.39, 0.29) is 17.7 Å². The van der Waals surface area contributed by atoms with Gasteiger partial charge >= 0.3 is 0 Å². The summed E-state index contributed by atoms with van der Waals surface area (Å²) in [6.07, 6.45) is 2.75. The van der Waals surface area contributed by atoms with Crippen LogP contribution in [0.2, 0.25) is 0 Å². The molecule has 1 fully saturated rings. The summed E-state index contributed by atoms with van der Waals surface area (Å²) < 4.78 is 43.5. The third kappa shape index (κ3) is 6.47. The maximum Gasteiger partial charge on any atom is 0.265 e. The number of hydroxylamine groups is 1. The zero-order chi connectivity index (χ0) is 28.6. The van der Waals surface area contributed by atoms with E-state index in [1.165, 1.54) is 12.1 Å². The van der Waals surface area contributed by atoms with Crippen molar-refractivity contribution in [3.8, 4) is 22.8 Å². The van der Waals surface area contributed by atoms with E-state index in [4.69, 9.17) is 14.2 Å². The zero-order valence-corrected chi connectivity index (χ0v) is 23.6. The summed E-state index contributed by atoms with van der Waals surface area (Å²) in [4.78, 5) is 14.7. The molecular formula is C28H36N4O7S. The number of amides is 1. The summed E-state index contributed by atoms with van der Waals surface area (Å²) >= 11 is 0. The van der Waals surface area contributed by atoms with Gasteiger partial charge in [-0.15, -0.1) is 0 Å². The highest BCUT2D eigenvalue weighted by Crippen LogP contribution is 2.36. The first-order chi connectivity index (χ1) is 19.3. The first-order valence-corrected chi connectivity index (χ1v) is 14.6. The molecule has 0 unspecified atom stereocenters. The SMILES string of the molecule is COCCN1CCC(C(=O)NO)(S(=O)(=O)c2ccc(OCCCn3ccc(-c4ccc(OC)cc4)n3)cc2)CC1. The number of aryl methyl sites for hydroxylation is 1. The van der Waals surface area contributed by atoms with Crippen LogP contribution >= 0.6 is 0 Å². The fourth-order valence-corrected chi connectivity index (χ4v) is 6.79. The van der Waals surface area contributed by atoms with Crippen molar-refractivity contribution in [2.75, 3.05) is 47.1 Å². The highest BCUT2D eigenvalue weighted by molar-refractivity contribution is 7.93. The maximum absolute atomic E-state index is 13.6. The predicted molar refractivity (Wildman–Crippen MR) is 148 cm³/mol. The molecule has 0 saturated carbocycles. The number of likely N-dealkylation sites (tertiary alicyclic amines) is 1. The lowest BCUT2D eigenvalue weighted by atomic mass is 9.95. The fraction of sp³-hybridized carbons (Fsp3) is 0.429. The number of methoxy groups -OCH3 is 2. The molecule has 1 aliphatic rings. The molecule has 1 aliphatic heterocycles. The van der Waals surface area contributed by atoms with E-state index in [1.54, 1.807) is 31.8 Å². The van der Waals surface area contributed by atoms with Crippen molar-refractivity contribution in [3.05, 3.63) is 60.8 Å². The van der Waals surface area contributed by atoms with Gasteiger partial charge in [0.25, 0.3) is 5.91 Å². The van der Waals surface area contributed by atoms with Crippen LogP contribution in [-0.4, -0.2) is 86.0 Å². The molecule has 40 heavy (non-hydrogen) atoms. The highest BCUT2D eigenvalue weighted by atomic mass is 32.2. The van der Waals surface area contributed by atoms with Crippen LogP contribution < -0.4 is 15.0 Å². The van der Waals surface area contributed by atoms with E-state index in [2.05, 4.69) is 5.10 Å². The Morgan fingerprint density at radius 3 is 2.27 bits per heavy atom. The monoisotopic (exact) mass is 572 g/mol. The average Bonchev–Trinajstić information content (AvgIpc) is 3.47. The van der Waals surface area contributed by atoms with Gasteiger partial charge < -0.3 is 19.1 Å². The zero-order valence-electron chi connectivity index (χ0n) is 22.8. The minimum Gasteiger partial charge on any atom is -0.497 e. The second-order valence-corrected chi connectivity index (χ2v) is 11.9. The molecule has 0 radical (unpaired) electrons. The molecule has 216 valence electrons.